The molecule has 0 aromatic carbocycles. The van der Waals surface area contributed by atoms with E-state index in [0.29, 0.717) is 29.1 Å². The number of amidine groups is 1. The first-order chi connectivity index (χ1) is 7.94. The quantitative estimate of drug-likeness (QED) is 0.342. The van der Waals surface area contributed by atoms with Crippen molar-refractivity contribution < 1.29 is 13.0 Å². The molecule has 0 saturated heterocycles. The number of aliphatic imine (C=N–C) groups is 1. The lowest BCUT2D eigenvalue weighted by Crippen LogP contribution is -2.20. The highest BCUT2D eigenvalue weighted by Gasteiger charge is 2.39. The number of nitrogens with two attached hydrogens (primary N) is 1. The number of fused-ring (bicyclic) bond motifs is 2. The zero-order valence-corrected chi connectivity index (χ0v) is 11.2. The molecule has 2 aliphatic rings. The maximum Gasteiger partial charge on any atom is 0.320 e. The minimum Gasteiger partial charge on any atom is -0.387 e. The zero-order chi connectivity index (χ0) is 12.5. The Bertz CT molecular complexity index is 408. The van der Waals surface area contributed by atoms with Gasteiger partial charge in [-0.15, -0.1) is 0 Å². The van der Waals surface area contributed by atoms with Crippen LogP contribution in [0.3, 0.4) is 0 Å². The van der Waals surface area contributed by atoms with Gasteiger partial charge in [0.25, 0.3) is 0 Å². The molecule has 0 amide bonds. The van der Waals surface area contributed by atoms with Crippen molar-refractivity contribution in [3.05, 3.63) is 0 Å². The topological polar surface area (TPSA) is 92.8 Å². The lowest BCUT2D eigenvalue weighted by atomic mass is 9.89. The van der Waals surface area contributed by atoms with Crippen molar-refractivity contribution in [3.8, 4) is 0 Å². The van der Waals surface area contributed by atoms with Crippen LogP contribution >= 0.6 is 10.8 Å². The molecule has 0 aromatic heterocycles. The molecular weight excluding hydrogens is 260 g/mol. The van der Waals surface area contributed by atoms with Gasteiger partial charge in [-0.2, -0.15) is 8.42 Å². The van der Waals surface area contributed by atoms with Crippen molar-refractivity contribution in [1.29, 1.82) is 0 Å². The maximum atomic E-state index is 10.5. The summed E-state index contributed by atoms with van der Waals surface area (Å²) in [5.41, 5.74) is 5.61. The standard InChI is InChI=1S/C10H18N2O3S2/c11-10(6-16-17(13,14)15)12-5-9-4-7-1-2-8(9)3-7/h7-9H,1-6H2,(H2,11,12)(H,13,14,15)/t7-,8-,9-/m1/s1. The molecule has 0 unspecified atom stereocenters. The van der Waals surface area contributed by atoms with Gasteiger partial charge in [-0.3, -0.25) is 9.55 Å². The second-order valence-corrected chi connectivity index (χ2v) is 8.31. The molecule has 98 valence electrons. The minimum atomic E-state index is -4.01. The Balaban J connectivity index is 1.76. The molecule has 0 aliphatic heterocycles. The normalized spacial score (nSPS) is 33.2. The van der Waals surface area contributed by atoms with Gasteiger partial charge in [0.2, 0.25) is 0 Å². The predicted molar refractivity (Wildman–Crippen MR) is 69.4 cm³/mol. The fourth-order valence-corrected chi connectivity index (χ4v) is 4.19. The second-order valence-electron chi connectivity index (χ2n) is 4.96. The summed E-state index contributed by atoms with van der Waals surface area (Å²) in [5, 5.41) is 0. The van der Waals surface area contributed by atoms with Crippen LogP contribution in [0, 0.1) is 17.8 Å². The van der Waals surface area contributed by atoms with Gasteiger partial charge in [0, 0.05) is 17.3 Å². The predicted octanol–water partition coefficient (Wildman–Crippen LogP) is 1.32. The smallest absolute Gasteiger partial charge is 0.320 e. The van der Waals surface area contributed by atoms with Crippen LogP contribution in [-0.2, 0) is 9.15 Å². The van der Waals surface area contributed by atoms with Crippen molar-refractivity contribution in [2.75, 3.05) is 12.3 Å². The van der Waals surface area contributed by atoms with Crippen LogP contribution in [0.15, 0.2) is 4.99 Å². The number of rotatable bonds is 5. The zero-order valence-electron chi connectivity index (χ0n) is 9.58. The van der Waals surface area contributed by atoms with Crippen LogP contribution in [0.4, 0.5) is 0 Å². The average molecular weight is 278 g/mol. The Morgan fingerprint density at radius 3 is 2.71 bits per heavy atom. The van der Waals surface area contributed by atoms with Crippen molar-refractivity contribution in [1.82, 2.24) is 0 Å². The van der Waals surface area contributed by atoms with Crippen molar-refractivity contribution in [2.24, 2.45) is 28.5 Å². The van der Waals surface area contributed by atoms with E-state index in [9.17, 15) is 8.42 Å². The fraction of sp³-hybridized carbons (Fsp3) is 0.900. The van der Waals surface area contributed by atoms with Gasteiger partial charge in [-0.05, 0) is 37.0 Å². The third-order valence-electron chi connectivity index (χ3n) is 3.77. The molecule has 2 rings (SSSR count). The molecule has 0 radical (unpaired) electrons. The molecule has 2 fully saturated rings. The van der Waals surface area contributed by atoms with Gasteiger partial charge in [-0.1, -0.05) is 6.42 Å². The van der Waals surface area contributed by atoms with E-state index in [0.717, 1.165) is 11.8 Å². The van der Waals surface area contributed by atoms with Gasteiger partial charge in [-0.25, -0.2) is 0 Å². The lowest BCUT2D eigenvalue weighted by Gasteiger charge is -2.19. The Hall–Kier alpha value is -0.270. The van der Waals surface area contributed by atoms with Gasteiger partial charge in [0.15, 0.2) is 0 Å². The third-order valence-corrected chi connectivity index (χ3v) is 5.73. The lowest BCUT2D eigenvalue weighted by molar-refractivity contribution is 0.342. The van der Waals surface area contributed by atoms with Gasteiger partial charge < -0.3 is 5.73 Å². The summed E-state index contributed by atoms with van der Waals surface area (Å²) in [6.45, 7) is 0.707. The van der Waals surface area contributed by atoms with Crippen LogP contribution in [0.25, 0.3) is 0 Å². The minimum absolute atomic E-state index is 0.0413. The Morgan fingerprint density at radius 2 is 2.18 bits per heavy atom. The van der Waals surface area contributed by atoms with E-state index >= 15 is 0 Å². The molecular formula is C10H18N2O3S2. The van der Waals surface area contributed by atoms with E-state index in [1.807, 2.05) is 0 Å². The van der Waals surface area contributed by atoms with Crippen LogP contribution in [0.1, 0.15) is 25.7 Å². The molecule has 2 bridgehead atoms. The van der Waals surface area contributed by atoms with Gasteiger partial charge in [0.05, 0.1) is 5.75 Å². The Morgan fingerprint density at radius 1 is 1.41 bits per heavy atom. The van der Waals surface area contributed by atoms with E-state index in [1.54, 1.807) is 0 Å². The maximum absolute atomic E-state index is 10.5. The average Bonchev–Trinajstić information content (AvgIpc) is 2.84. The largest absolute Gasteiger partial charge is 0.387 e. The first-order valence-corrected chi connectivity index (χ1v) is 8.79. The molecule has 2 aliphatic carbocycles. The summed E-state index contributed by atoms with van der Waals surface area (Å²) in [7, 11) is -3.60. The highest BCUT2D eigenvalue weighted by molar-refractivity contribution is 8.70. The molecule has 3 atom stereocenters. The molecule has 2 saturated carbocycles. The second kappa shape index (κ2) is 5.16. The summed E-state index contributed by atoms with van der Waals surface area (Å²) < 4.78 is 29.6. The Labute approximate surface area is 105 Å². The van der Waals surface area contributed by atoms with E-state index < -0.39 is 9.15 Å². The summed E-state index contributed by atoms with van der Waals surface area (Å²) in [6, 6.07) is 0. The molecule has 3 N–H and O–H groups in total. The highest BCUT2D eigenvalue weighted by Crippen LogP contribution is 2.48. The van der Waals surface area contributed by atoms with Crippen LogP contribution in [0.5, 0.6) is 0 Å². The number of hydrogen-bond acceptors (Lipinski definition) is 4. The van der Waals surface area contributed by atoms with Crippen molar-refractivity contribution in [2.45, 2.75) is 25.7 Å². The first kappa shape index (κ1) is 13.2. The van der Waals surface area contributed by atoms with Crippen LogP contribution in [-0.4, -0.2) is 31.1 Å². The summed E-state index contributed by atoms with van der Waals surface area (Å²) in [4.78, 5) is 4.23. The van der Waals surface area contributed by atoms with Crippen molar-refractivity contribution in [3.63, 3.8) is 0 Å². The molecule has 7 heteroatoms. The molecule has 5 nitrogen and oxygen atoms in total. The highest BCUT2D eigenvalue weighted by atomic mass is 33.1. The van der Waals surface area contributed by atoms with E-state index in [2.05, 4.69) is 4.99 Å². The summed E-state index contributed by atoms with van der Waals surface area (Å²) in [6.07, 6.45) is 5.25. The first-order valence-electron chi connectivity index (χ1n) is 5.84. The van der Waals surface area contributed by atoms with E-state index in [1.165, 1.54) is 25.7 Å². The van der Waals surface area contributed by atoms with Crippen molar-refractivity contribution >= 4 is 25.8 Å². The molecule has 0 heterocycles. The third kappa shape index (κ3) is 3.86. The SMILES string of the molecule is NC(CSS(=O)(=O)O)=NC[C@H]1C[C@@H]2CC[C@@H]1C2. The summed E-state index contributed by atoms with van der Waals surface area (Å²) in [5.74, 6) is 2.65. The molecule has 17 heavy (non-hydrogen) atoms. The summed E-state index contributed by atoms with van der Waals surface area (Å²) >= 11 is 0. The monoisotopic (exact) mass is 278 g/mol. The van der Waals surface area contributed by atoms with Crippen LogP contribution < -0.4 is 5.73 Å². The number of hydrogen-bond donors (Lipinski definition) is 2. The van der Waals surface area contributed by atoms with Gasteiger partial charge >= 0.3 is 9.15 Å². The van der Waals surface area contributed by atoms with Gasteiger partial charge in [0.1, 0.15) is 5.84 Å². The number of nitrogens with zero attached hydrogens (tertiary/aromatic N) is 1. The van der Waals surface area contributed by atoms with Crippen LogP contribution in [0.2, 0.25) is 0 Å². The molecule has 0 spiro atoms. The Kier molecular flexibility index (Phi) is 3.99. The van der Waals surface area contributed by atoms with E-state index in [-0.39, 0.29) is 5.75 Å². The molecule has 0 aromatic rings. The van der Waals surface area contributed by atoms with E-state index in [4.69, 9.17) is 10.3 Å². The fourth-order valence-electron chi connectivity index (χ4n) is 3.02.